The zero-order chi connectivity index (χ0) is 15.6. The average molecular weight is 358 g/mol. The normalized spacial score (nSPS) is 12.5. The maximum absolute atomic E-state index is 14.1. The summed E-state index contributed by atoms with van der Waals surface area (Å²) in [6.45, 7) is 4.00. The Morgan fingerprint density at radius 3 is 2.43 bits per heavy atom. The molecule has 2 rings (SSSR count). The molecule has 21 heavy (non-hydrogen) atoms. The molecular weight excluding hydrogens is 343 g/mol. The van der Waals surface area contributed by atoms with Crippen LogP contribution in [-0.4, -0.2) is 6.54 Å². The highest BCUT2D eigenvalue weighted by Crippen LogP contribution is 2.32. The van der Waals surface area contributed by atoms with Crippen LogP contribution in [0.25, 0.3) is 0 Å². The van der Waals surface area contributed by atoms with Gasteiger partial charge in [0.25, 0.3) is 0 Å². The number of hydrogen-bond donors (Lipinski definition) is 1. The standard InChI is InChI=1S/C16H15BrF3N/c1-3-21-16(10-5-4-6-12(18)15(10)17)11-7-9(2)13(19)8-14(11)20/h4-8,16,21H,3H2,1-2H3. The molecule has 0 saturated carbocycles. The van der Waals surface area contributed by atoms with E-state index in [1.165, 1.54) is 12.1 Å². The van der Waals surface area contributed by atoms with Gasteiger partial charge in [-0.15, -0.1) is 0 Å². The van der Waals surface area contributed by atoms with Crippen LogP contribution in [0.3, 0.4) is 0 Å². The molecule has 0 spiro atoms. The van der Waals surface area contributed by atoms with Crippen molar-refractivity contribution in [2.75, 3.05) is 6.54 Å². The Hall–Kier alpha value is -1.33. The van der Waals surface area contributed by atoms with E-state index in [4.69, 9.17) is 0 Å². The van der Waals surface area contributed by atoms with Gasteiger partial charge < -0.3 is 5.32 Å². The minimum Gasteiger partial charge on any atom is -0.306 e. The minimum atomic E-state index is -0.653. The predicted octanol–water partition coefficient (Wildman–Crippen LogP) is 4.87. The van der Waals surface area contributed by atoms with Gasteiger partial charge in [0.15, 0.2) is 0 Å². The molecule has 1 unspecified atom stereocenters. The van der Waals surface area contributed by atoms with Crippen molar-refractivity contribution in [2.24, 2.45) is 0 Å². The Balaban J connectivity index is 2.59. The average Bonchev–Trinajstić information content (AvgIpc) is 2.44. The molecule has 2 aromatic carbocycles. The van der Waals surface area contributed by atoms with Crippen LogP contribution in [0.5, 0.6) is 0 Å². The van der Waals surface area contributed by atoms with Crippen LogP contribution in [0.2, 0.25) is 0 Å². The zero-order valence-corrected chi connectivity index (χ0v) is 13.3. The smallest absolute Gasteiger partial charge is 0.137 e. The highest BCUT2D eigenvalue weighted by molar-refractivity contribution is 9.10. The summed E-state index contributed by atoms with van der Waals surface area (Å²) >= 11 is 3.19. The van der Waals surface area contributed by atoms with Gasteiger partial charge in [0, 0.05) is 11.6 Å². The quantitative estimate of drug-likeness (QED) is 0.822. The Kier molecular flexibility index (Phi) is 5.06. The summed E-state index contributed by atoms with van der Waals surface area (Å²) in [7, 11) is 0. The van der Waals surface area contributed by atoms with Crippen LogP contribution < -0.4 is 5.32 Å². The number of nitrogens with one attached hydrogen (secondary N) is 1. The van der Waals surface area contributed by atoms with Gasteiger partial charge in [0.05, 0.1) is 10.5 Å². The molecule has 0 bridgehead atoms. The van der Waals surface area contributed by atoms with E-state index in [0.717, 1.165) is 6.07 Å². The van der Waals surface area contributed by atoms with Gasteiger partial charge in [-0.3, -0.25) is 0 Å². The fourth-order valence-electron chi connectivity index (χ4n) is 2.24. The highest BCUT2D eigenvalue weighted by Gasteiger charge is 2.22. The number of benzene rings is 2. The molecule has 0 fully saturated rings. The summed E-state index contributed by atoms with van der Waals surface area (Å²) in [6.07, 6.45) is 0. The van der Waals surface area contributed by atoms with Gasteiger partial charge in [-0.2, -0.15) is 0 Å². The summed E-state index contributed by atoms with van der Waals surface area (Å²) < 4.78 is 41.5. The number of hydrogen-bond acceptors (Lipinski definition) is 1. The molecule has 5 heteroatoms. The van der Waals surface area contributed by atoms with Gasteiger partial charge in [-0.05, 0) is 52.7 Å². The summed E-state index contributed by atoms with van der Waals surface area (Å²) in [5.41, 5.74) is 1.21. The lowest BCUT2D eigenvalue weighted by Crippen LogP contribution is -2.24. The second kappa shape index (κ2) is 6.62. The van der Waals surface area contributed by atoms with E-state index < -0.39 is 23.5 Å². The highest BCUT2D eigenvalue weighted by atomic mass is 79.9. The van der Waals surface area contributed by atoms with Gasteiger partial charge in [0.2, 0.25) is 0 Å². The van der Waals surface area contributed by atoms with Crippen molar-refractivity contribution in [3.8, 4) is 0 Å². The van der Waals surface area contributed by atoms with Crippen molar-refractivity contribution in [2.45, 2.75) is 19.9 Å². The summed E-state index contributed by atoms with van der Waals surface area (Å²) in [6, 6.07) is 6.35. The second-order valence-electron chi connectivity index (χ2n) is 4.76. The summed E-state index contributed by atoms with van der Waals surface area (Å²) in [4.78, 5) is 0. The van der Waals surface area contributed by atoms with Gasteiger partial charge in [0.1, 0.15) is 17.5 Å². The number of aryl methyl sites for hydroxylation is 1. The first-order chi connectivity index (χ1) is 9.95. The van der Waals surface area contributed by atoms with E-state index in [-0.39, 0.29) is 4.47 Å². The third-order valence-electron chi connectivity index (χ3n) is 3.29. The van der Waals surface area contributed by atoms with E-state index in [1.54, 1.807) is 19.1 Å². The van der Waals surface area contributed by atoms with Crippen molar-refractivity contribution >= 4 is 15.9 Å². The Bertz CT molecular complexity index is 658. The van der Waals surface area contributed by atoms with Crippen LogP contribution in [-0.2, 0) is 0 Å². The van der Waals surface area contributed by atoms with Gasteiger partial charge in [-0.25, -0.2) is 13.2 Å². The van der Waals surface area contributed by atoms with E-state index >= 15 is 0 Å². The van der Waals surface area contributed by atoms with E-state index in [1.807, 2.05) is 6.92 Å². The van der Waals surface area contributed by atoms with Crippen molar-refractivity contribution in [3.05, 3.63) is 68.9 Å². The zero-order valence-electron chi connectivity index (χ0n) is 11.7. The molecule has 2 aromatic rings. The predicted molar refractivity (Wildman–Crippen MR) is 80.7 cm³/mol. The summed E-state index contributed by atoms with van der Waals surface area (Å²) in [5, 5.41) is 3.11. The molecule has 0 amide bonds. The van der Waals surface area contributed by atoms with Crippen molar-refractivity contribution in [1.82, 2.24) is 5.32 Å². The first-order valence-corrected chi connectivity index (χ1v) is 7.37. The topological polar surface area (TPSA) is 12.0 Å². The fourth-order valence-corrected chi connectivity index (χ4v) is 2.73. The van der Waals surface area contributed by atoms with Gasteiger partial charge >= 0.3 is 0 Å². The first-order valence-electron chi connectivity index (χ1n) is 6.58. The molecule has 1 atom stereocenters. The molecule has 0 saturated heterocycles. The molecule has 0 heterocycles. The number of rotatable bonds is 4. The minimum absolute atomic E-state index is 0.275. The molecule has 0 radical (unpaired) electrons. The number of halogens is 4. The van der Waals surface area contributed by atoms with E-state index in [9.17, 15) is 13.2 Å². The lowest BCUT2D eigenvalue weighted by Gasteiger charge is -2.21. The summed E-state index contributed by atoms with van der Waals surface area (Å²) in [5.74, 6) is -1.67. The maximum atomic E-state index is 14.1. The molecule has 0 aromatic heterocycles. The molecule has 1 N–H and O–H groups in total. The lowest BCUT2D eigenvalue weighted by molar-refractivity contribution is 0.534. The monoisotopic (exact) mass is 357 g/mol. The fraction of sp³-hybridized carbons (Fsp3) is 0.250. The van der Waals surface area contributed by atoms with Crippen molar-refractivity contribution in [3.63, 3.8) is 0 Å². The third-order valence-corrected chi connectivity index (χ3v) is 4.13. The van der Waals surface area contributed by atoms with E-state index in [2.05, 4.69) is 21.2 Å². The SMILES string of the molecule is CCNC(c1cc(C)c(F)cc1F)c1cccc(F)c1Br. The third kappa shape index (κ3) is 3.30. The second-order valence-corrected chi connectivity index (χ2v) is 5.55. The Morgan fingerprint density at radius 1 is 1.05 bits per heavy atom. The van der Waals surface area contributed by atoms with Crippen molar-refractivity contribution < 1.29 is 13.2 Å². The van der Waals surface area contributed by atoms with Gasteiger partial charge in [-0.1, -0.05) is 19.1 Å². The lowest BCUT2D eigenvalue weighted by atomic mass is 9.96. The Morgan fingerprint density at radius 2 is 1.76 bits per heavy atom. The van der Waals surface area contributed by atoms with Crippen LogP contribution in [0.4, 0.5) is 13.2 Å². The first kappa shape index (κ1) is 16.0. The molecule has 0 aliphatic rings. The van der Waals surface area contributed by atoms with E-state index in [0.29, 0.717) is 23.2 Å². The molecular formula is C16H15BrF3N. The Labute approximate surface area is 130 Å². The molecule has 0 aliphatic carbocycles. The molecule has 1 nitrogen and oxygen atoms in total. The largest absolute Gasteiger partial charge is 0.306 e. The molecule has 0 aliphatic heterocycles. The van der Waals surface area contributed by atoms with Crippen LogP contribution >= 0.6 is 15.9 Å². The van der Waals surface area contributed by atoms with Crippen LogP contribution in [0.1, 0.15) is 29.7 Å². The maximum Gasteiger partial charge on any atom is 0.137 e. The molecule has 112 valence electrons. The van der Waals surface area contributed by atoms with Crippen LogP contribution in [0.15, 0.2) is 34.8 Å². The van der Waals surface area contributed by atoms with Crippen molar-refractivity contribution in [1.29, 1.82) is 0 Å². The van der Waals surface area contributed by atoms with Crippen LogP contribution in [0, 0.1) is 24.4 Å².